The molecule has 9 heavy (non-hydrogen) atoms. The Bertz CT molecular complexity index is 75.0. The third kappa shape index (κ3) is 1.65. The van der Waals surface area contributed by atoms with Crippen molar-refractivity contribution in [3.05, 3.63) is 0 Å². The number of alkyl halides is 1. The Morgan fingerprint density at radius 1 is 1.67 bits per heavy atom. The predicted molar refractivity (Wildman–Crippen MR) is 36.2 cm³/mol. The first kappa shape index (κ1) is 7.00. The van der Waals surface area contributed by atoms with E-state index < -0.39 is 0 Å². The maximum Gasteiger partial charge on any atom is 0.0935 e. The molecule has 0 spiro atoms. The molecule has 1 heterocycles. The van der Waals surface area contributed by atoms with Crippen LogP contribution in [0.3, 0.4) is 0 Å². The minimum absolute atomic E-state index is 0.128. The zero-order chi connectivity index (χ0) is 6.69. The summed E-state index contributed by atoms with van der Waals surface area (Å²) in [6, 6.07) is 0. The highest BCUT2D eigenvalue weighted by Crippen LogP contribution is 2.15. The lowest BCUT2D eigenvalue weighted by atomic mass is 10.1. The van der Waals surface area contributed by atoms with Crippen LogP contribution in [-0.4, -0.2) is 31.2 Å². The molecule has 0 amide bonds. The van der Waals surface area contributed by atoms with Crippen molar-refractivity contribution < 1.29 is 4.39 Å². The number of nitrogens with zero attached hydrogens (tertiary/aromatic N) is 1. The Labute approximate surface area is 55.8 Å². The normalized spacial score (nSPS) is 29.3. The van der Waals surface area contributed by atoms with Gasteiger partial charge in [0.05, 0.1) is 6.67 Å². The summed E-state index contributed by atoms with van der Waals surface area (Å²) in [5.41, 5.74) is 0. The molecule has 0 aromatic heterocycles. The van der Waals surface area contributed by atoms with E-state index in [9.17, 15) is 4.39 Å². The van der Waals surface area contributed by atoms with Gasteiger partial charge in [-0.15, -0.1) is 0 Å². The molecule has 1 saturated heterocycles. The first-order valence-corrected chi connectivity index (χ1v) is 3.65. The zero-order valence-electron chi connectivity index (χ0n) is 5.94. The van der Waals surface area contributed by atoms with Crippen molar-refractivity contribution in [2.24, 2.45) is 5.92 Å². The molecule has 1 fully saturated rings. The highest BCUT2D eigenvalue weighted by atomic mass is 19.1. The van der Waals surface area contributed by atoms with Gasteiger partial charge in [-0.25, -0.2) is 0 Å². The molecule has 1 aliphatic heterocycles. The van der Waals surface area contributed by atoms with E-state index in [1.807, 2.05) is 0 Å². The second-order valence-corrected chi connectivity index (χ2v) is 2.70. The zero-order valence-corrected chi connectivity index (χ0v) is 5.94. The van der Waals surface area contributed by atoms with Crippen molar-refractivity contribution in [3.8, 4) is 0 Å². The summed E-state index contributed by atoms with van der Waals surface area (Å²) in [6.07, 6.45) is 1.06. The summed E-state index contributed by atoms with van der Waals surface area (Å²) in [4.78, 5) is 2.30. The van der Waals surface area contributed by atoms with E-state index in [-0.39, 0.29) is 6.67 Å². The Kier molecular flexibility index (Phi) is 2.46. The van der Waals surface area contributed by atoms with Gasteiger partial charge >= 0.3 is 0 Å². The number of hydrogen-bond donors (Lipinski definition) is 0. The average molecular weight is 131 g/mol. The van der Waals surface area contributed by atoms with Crippen molar-refractivity contribution in [2.45, 2.75) is 13.3 Å². The van der Waals surface area contributed by atoms with Crippen LogP contribution in [0.4, 0.5) is 4.39 Å². The molecule has 1 atom stereocenters. The minimum atomic E-state index is -0.128. The molecular formula is C7H14FN. The van der Waals surface area contributed by atoms with Crippen molar-refractivity contribution in [3.63, 3.8) is 0 Å². The van der Waals surface area contributed by atoms with Crippen molar-refractivity contribution in [1.29, 1.82) is 0 Å². The van der Waals surface area contributed by atoms with Gasteiger partial charge in [-0.2, -0.15) is 0 Å². The summed E-state index contributed by atoms with van der Waals surface area (Å²) in [7, 11) is 0. The Morgan fingerprint density at radius 2 is 2.44 bits per heavy atom. The second kappa shape index (κ2) is 3.16. The van der Waals surface area contributed by atoms with Gasteiger partial charge in [-0.05, 0) is 19.5 Å². The summed E-state index contributed by atoms with van der Waals surface area (Å²) in [5, 5.41) is 0. The van der Waals surface area contributed by atoms with Gasteiger partial charge in [0.1, 0.15) is 0 Å². The summed E-state index contributed by atoms with van der Waals surface area (Å²) in [6.45, 7) is 5.16. The van der Waals surface area contributed by atoms with E-state index in [4.69, 9.17) is 0 Å². The molecular weight excluding hydrogens is 117 g/mol. The molecule has 2 heteroatoms. The first-order valence-electron chi connectivity index (χ1n) is 3.65. The number of rotatable bonds is 2. The van der Waals surface area contributed by atoms with Gasteiger partial charge in [-0.3, -0.25) is 4.39 Å². The van der Waals surface area contributed by atoms with E-state index in [1.165, 1.54) is 0 Å². The maximum atomic E-state index is 12.0. The van der Waals surface area contributed by atoms with Crippen LogP contribution in [0.5, 0.6) is 0 Å². The molecule has 0 N–H and O–H groups in total. The fourth-order valence-electron chi connectivity index (χ4n) is 1.33. The highest BCUT2D eigenvalue weighted by Gasteiger charge is 2.20. The topological polar surface area (TPSA) is 3.24 Å². The van der Waals surface area contributed by atoms with Gasteiger partial charge in [0, 0.05) is 12.5 Å². The molecule has 54 valence electrons. The van der Waals surface area contributed by atoms with Crippen LogP contribution in [0.2, 0.25) is 0 Å². The smallest absolute Gasteiger partial charge is 0.0935 e. The van der Waals surface area contributed by atoms with Crippen molar-refractivity contribution in [1.82, 2.24) is 4.90 Å². The minimum Gasteiger partial charge on any atom is -0.303 e. The predicted octanol–water partition coefficient (Wildman–Crippen LogP) is 1.30. The summed E-state index contributed by atoms with van der Waals surface area (Å²) < 4.78 is 12.0. The Morgan fingerprint density at radius 3 is 2.78 bits per heavy atom. The van der Waals surface area contributed by atoms with Crippen LogP contribution in [0.1, 0.15) is 13.3 Å². The van der Waals surface area contributed by atoms with E-state index in [0.29, 0.717) is 5.92 Å². The standard InChI is InChI=1S/C7H14FN/c1-2-9-4-3-7(5-8)6-9/h7H,2-6H2,1H3. The van der Waals surface area contributed by atoms with Gasteiger partial charge in [0.2, 0.25) is 0 Å². The van der Waals surface area contributed by atoms with Crippen LogP contribution in [0.15, 0.2) is 0 Å². The quantitative estimate of drug-likeness (QED) is 0.546. The molecule has 1 aliphatic rings. The summed E-state index contributed by atoms with van der Waals surface area (Å²) in [5.74, 6) is 0.338. The van der Waals surface area contributed by atoms with E-state index >= 15 is 0 Å². The molecule has 0 bridgehead atoms. The van der Waals surface area contributed by atoms with Crippen molar-refractivity contribution in [2.75, 3.05) is 26.3 Å². The van der Waals surface area contributed by atoms with E-state index in [1.54, 1.807) is 0 Å². The maximum absolute atomic E-state index is 12.0. The molecule has 0 aliphatic carbocycles. The molecule has 0 aromatic carbocycles. The summed E-state index contributed by atoms with van der Waals surface area (Å²) >= 11 is 0. The van der Waals surface area contributed by atoms with Gasteiger partial charge in [0.15, 0.2) is 0 Å². The first-order chi connectivity index (χ1) is 4.36. The number of hydrogen-bond acceptors (Lipinski definition) is 1. The fraction of sp³-hybridized carbons (Fsp3) is 1.00. The van der Waals surface area contributed by atoms with Crippen LogP contribution in [0.25, 0.3) is 0 Å². The number of halogens is 1. The lowest BCUT2D eigenvalue weighted by Crippen LogP contribution is -2.20. The van der Waals surface area contributed by atoms with Crippen LogP contribution < -0.4 is 0 Å². The number of likely N-dealkylation sites (tertiary alicyclic amines) is 1. The lowest BCUT2D eigenvalue weighted by Gasteiger charge is -2.10. The van der Waals surface area contributed by atoms with Crippen LogP contribution in [0, 0.1) is 5.92 Å². The molecule has 0 aromatic rings. The van der Waals surface area contributed by atoms with Gasteiger partial charge in [-0.1, -0.05) is 6.92 Å². The SMILES string of the molecule is CCN1CCC(CF)C1. The van der Waals surface area contributed by atoms with Crippen molar-refractivity contribution >= 4 is 0 Å². The van der Waals surface area contributed by atoms with Gasteiger partial charge in [0.25, 0.3) is 0 Å². The van der Waals surface area contributed by atoms with E-state index in [0.717, 1.165) is 26.1 Å². The average Bonchev–Trinajstić information content (AvgIpc) is 2.34. The highest BCUT2D eigenvalue weighted by molar-refractivity contribution is 4.73. The largest absolute Gasteiger partial charge is 0.303 e. The van der Waals surface area contributed by atoms with E-state index in [2.05, 4.69) is 11.8 Å². The van der Waals surface area contributed by atoms with Crippen LogP contribution >= 0.6 is 0 Å². The Balaban J connectivity index is 2.20. The Hall–Kier alpha value is -0.110. The third-order valence-corrected chi connectivity index (χ3v) is 2.04. The third-order valence-electron chi connectivity index (χ3n) is 2.04. The molecule has 0 radical (unpaired) electrons. The van der Waals surface area contributed by atoms with Gasteiger partial charge < -0.3 is 4.90 Å². The fourth-order valence-corrected chi connectivity index (χ4v) is 1.33. The monoisotopic (exact) mass is 131 g/mol. The lowest BCUT2D eigenvalue weighted by molar-refractivity contribution is 0.314. The van der Waals surface area contributed by atoms with Crippen LogP contribution in [-0.2, 0) is 0 Å². The molecule has 1 nitrogen and oxygen atoms in total. The molecule has 1 rings (SSSR count). The molecule has 0 saturated carbocycles. The second-order valence-electron chi connectivity index (χ2n) is 2.70. The molecule has 1 unspecified atom stereocenters.